The Morgan fingerprint density at radius 2 is 1.95 bits per heavy atom. The maximum atomic E-state index is 11.8. The average Bonchev–Trinajstić information content (AvgIpc) is 2.40. The predicted octanol–water partition coefficient (Wildman–Crippen LogP) is 1.32. The van der Waals surface area contributed by atoms with E-state index in [1.165, 1.54) is 4.90 Å². The molecule has 1 rings (SSSR count). The summed E-state index contributed by atoms with van der Waals surface area (Å²) in [6, 6.07) is 5.40. The number of aliphatic hydroxyl groups excluding tert-OH is 1. The van der Waals surface area contributed by atoms with Gasteiger partial charge in [-0.1, -0.05) is 23.7 Å². The minimum Gasteiger partial charge on any atom is -0.480 e. The molecule has 6 nitrogen and oxygen atoms in total. The molecular formula is C13H17ClN2O4. The second-order valence-electron chi connectivity index (χ2n) is 4.34. The quantitative estimate of drug-likeness (QED) is 0.739. The largest absolute Gasteiger partial charge is 0.480 e. The highest BCUT2D eigenvalue weighted by Crippen LogP contribution is 2.11. The lowest BCUT2D eigenvalue weighted by atomic mass is 10.2. The zero-order valence-corrected chi connectivity index (χ0v) is 11.8. The number of aliphatic hydroxyl groups is 1. The van der Waals surface area contributed by atoms with Crippen LogP contribution < -0.4 is 5.32 Å². The van der Waals surface area contributed by atoms with Gasteiger partial charge in [-0.15, -0.1) is 0 Å². The van der Waals surface area contributed by atoms with Crippen molar-refractivity contribution in [2.24, 2.45) is 0 Å². The number of rotatable bonds is 6. The van der Waals surface area contributed by atoms with E-state index in [1.807, 2.05) is 0 Å². The lowest BCUT2D eigenvalue weighted by Crippen LogP contribution is -2.46. The van der Waals surface area contributed by atoms with Crippen LogP contribution in [-0.4, -0.2) is 46.8 Å². The maximum absolute atomic E-state index is 11.8. The zero-order chi connectivity index (χ0) is 15.1. The van der Waals surface area contributed by atoms with Crippen LogP contribution in [0.15, 0.2) is 24.3 Å². The van der Waals surface area contributed by atoms with E-state index in [4.69, 9.17) is 21.8 Å². The summed E-state index contributed by atoms with van der Waals surface area (Å²) in [5.74, 6) is -1.17. The summed E-state index contributed by atoms with van der Waals surface area (Å²) in [6.07, 6.45) is -0.0319. The van der Waals surface area contributed by atoms with Crippen molar-refractivity contribution in [1.29, 1.82) is 0 Å². The van der Waals surface area contributed by atoms with Crippen LogP contribution in [0.5, 0.6) is 0 Å². The van der Waals surface area contributed by atoms with E-state index < -0.39 is 18.0 Å². The minimum atomic E-state index is -1.17. The highest BCUT2D eigenvalue weighted by molar-refractivity contribution is 6.30. The molecule has 110 valence electrons. The van der Waals surface area contributed by atoms with Gasteiger partial charge in [0.05, 0.1) is 0 Å². The number of carbonyl (C=O) groups excluding carboxylic acids is 1. The van der Waals surface area contributed by atoms with Crippen molar-refractivity contribution >= 4 is 23.6 Å². The second-order valence-corrected chi connectivity index (χ2v) is 4.77. The zero-order valence-electron chi connectivity index (χ0n) is 11.0. The molecule has 0 heterocycles. The molecule has 1 aromatic carbocycles. The average molecular weight is 301 g/mol. The fourth-order valence-electron chi connectivity index (χ4n) is 1.58. The van der Waals surface area contributed by atoms with Crippen LogP contribution in [0.1, 0.15) is 12.0 Å². The first-order valence-corrected chi connectivity index (χ1v) is 6.41. The third-order valence-corrected chi connectivity index (χ3v) is 2.95. The Hall–Kier alpha value is -1.79. The summed E-state index contributed by atoms with van der Waals surface area (Å²) >= 11 is 5.77. The minimum absolute atomic E-state index is 0.0319. The van der Waals surface area contributed by atoms with Crippen LogP contribution >= 0.6 is 11.6 Å². The third kappa shape index (κ3) is 5.07. The molecule has 0 aliphatic carbocycles. The van der Waals surface area contributed by atoms with Crippen molar-refractivity contribution in [1.82, 2.24) is 10.2 Å². The third-order valence-electron chi connectivity index (χ3n) is 2.69. The smallest absolute Gasteiger partial charge is 0.326 e. The highest BCUT2D eigenvalue weighted by atomic mass is 35.5. The van der Waals surface area contributed by atoms with E-state index in [0.29, 0.717) is 11.6 Å². The fraction of sp³-hybridized carbons (Fsp3) is 0.385. The van der Waals surface area contributed by atoms with Gasteiger partial charge in [-0.2, -0.15) is 0 Å². The number of carbonyl (C=O) groups is 2. The molecule has 1 aromatic rings. The predicted molar refractivity (Wildman–Crippen MR) is 74.6 cm³/mol. The normalized spacial score (nSPS) is 11.8. The molecule has 2 amide bonds. The fourth-order valence-corrected chi connectivity index (χ4v) is 1.71. The van der Waals surface area contributed by atoms with Gasteiger partial charge < -0.3 is 20.4 Å². The van der Waals surface area contributed by atoms with Crippen LogP contribution in [-0.2, 0) is 11.3 Å². The van der Waals surface area contributed by atoms with E-state index in [1.54, 1.807) is 31.3 Å². The van der Waals surface area contributed by atoms with E-state index in [2.05, 4.69) is 5.32 Å². The number of nitrogens with zero attached hydrogens (tertiary/aromatic N) is 1. The number of benzene rings is 1. The van der Waals surface area contributed by atoms with Gasteiger partial charge in [-0.3, -0.25) is 0 Å². The molecule has 3 N–H and O–H groups in total. The number of amides is 2. The summed E-state index contributed by atoms with van der Waals surface area (Å²) in [5.41, 5.74) is 0.876. The Balaban J connectivity index is 2.57. The number of halogens is 1. The topological polar surface area (TPSA) is 89.9 Å². The van der Waals surface area contributed by atoms with Crippen LogP contribution in [0.3, 0.4) is 0 Å². The van der Waals surface area contributed by atoms with Crippen LogP contribution in [0, 0.1) is 0 Å². The standard InChI is InChI=1S/C13H17ClN2O4/c1-16(8-9-2-4-10(14)5-3-9)13(20)15-11(6-7-17)12(18)19/h2-5,11,17H,6-8H2,1H3,(H,15,20)(H,18,19)/t11-/m1/s1. The Morgan fingerprint density at radius 3 is 2.45 bits per heavy atom. The molecule has 0 saturated carbocycles. The van der Waals surface area contributed by atoms with Gasteiger partial charge in [0, 0.05) is 31.6 Å². The van der Waals surface area contributed by atoms with Crippen molar-refractivity contribution in [3.05, 3.63) is 34.9 Å². The molecule has 0 unspecified atom stereocenters. The van der Waals surface area contributed by atoms with E-state index in [-0.39, 0.29) is 13.0 Å². The first kappa shape index (κ1) is 16.3. The van der Waals surface area contributed by atoms with Crippen molar-refractivity contribution in [3.63, 3.8) is 0 Å². The molecule has 0 aliphatic heterocycles. The van der Waals surface area contributed by atoms with Crippen molar-refractivity contribution in [2.75, 3.05) is 13.7 Å². The van der Waals surface area contributed by atoms with Crippen LogP contribution in [0.4, 0.5) is 4.79 Å². The summed E-state index contributed by atoms with van der Waals surface area (Å²) in [7, 11) is 1.56. The molecule has 0 saturated heterocycles. The van der Waals surface area contributed by atoms with Gasteiger partial charge in [-0.05, 0) is 17.7 Å². The number of nitrogens with one attached hydrogen (secondary N) is 1. The Bertz CT molecular complexity index is 464. The number of carboxylic acids is 1. The lowest BCUT2D eigenvalue weighted by molar-refractivity contribution is -0.139. The van der Waals surface area contributed by atoms with Gasteiger partial charge in [0.1, 0.15) is 6.04 Å². The highest BCUT2D eigenvalue weighted by Gasteiger charge is 2.21. The van der Waals surface area contributed by atoms with Gasteiger partial charge in [0.2, 0.25) is 0 Å². The monoisotopic (exact) mass is 300 g/mol. The molecule has 1 atom stereocenters. The number of carboxylic acid groups (broad SMARTS) is 1. The molecule has 0 fully saturated rings. The number of hydrogen-bond donors (Lipinski definition) is 3. The summed E-state index contributed by atoms with van der Waals surface area (Å²) in [5, 5.41) is 20.6. The number of aliphatic carboxylic acids is 1. The Morgan fingerprint density at radius 1 is 1.35 bits per heavy atom. The molecule has 20 heavy (non-hydrogen) atoms. The molecule has 0 radical (unpaired) electrons. The van der Waals surface area contributed by atoms with Crippen LogP contribution in [0.2, 0.25) is 5.02 Å². The molecule has 0 aromatic heterocycles. The molecule has 0 aliphatic rings. The summed E-state index contributed by atoms with van der Waals surface area (Å²) in [6.45, 7) is 0.0204. The first-order valence-electron chi connectivity index (χ1n) is 6.03. The van der Waals surface area contributed by atoms with E-state index >= 15 is 0 Å². The van der Waals surface area contributed by atoms with E-state index in [0.717, 1.165) is 5.56 Å². The van der Waals surface area contributed by atoms with E-state index in [9.17, 15) is 9.59 Å². The van der Waals surface area contributed by atoms with Crippen molar-refractivity contribution in [3.8, 4) is 0 Å². The Kier molecular flexibility index (Phi) is 6.27. The molecule has 7 heteroatoms. The number of urea groups is 1. The van der Waals surface area contributed by atoms with Gasteiger partial charge in [0.15, 0.2) is 0 Å². The van der Waals surface area contributed by atoms with Gasteiger partial charge in [0.25, 0.3) is 0 Å². The summed E-state index contributed by atoms with van der Waals surface area (Å²) < 4.78 is 0. The van der Waals surface area contributed by atoms with Crippen molar-refractivity contribution < 1.29 is 19.8 Å². The molecule has 0 spiro atoms. The first-order chi connectivity index (χ1) is 9.43. The lowest BCUT2D eigenvalue weighted by Gasteiger charge is -2.21. The maximum Gasteiger partial charge on any atom is 0.326 e. The van der Waals surface area contributed by atoms with Gasteiger partial charge in [-0.25, -0.2) is 9.59 Å². The van der Waals surface area contributed by atoms with Gasteiger partial charge >= 0.3 is 12.0 Å². The van der Waals surface area contributed by atoms with Crippen LogP contribution in [0.25, 0.3) is 0 Å². The molecule has 0 bridgehead atoms. The number of hydrogen-bond acceptors (Lipinski definition) is 3. The summed E-state index contributed by atoms with van der Waals surface area (Å²) in [4.78, 5) is 24.1. The Labute approximate surface area is 122 Å². The van der Waals surface area contributed by atoms with Crippen molar-refractivity contribution in [2.45, 2.75) is 19.0 Å². The SMILES string of the molecule is CN(Cc1ccc(Cl)cc1)C(=O)N[C@H](CCO)C(=O)O. The second kappa shape index (κ2) is 7.72. The molecular weight excluding hydrogens is 284 g/mol.